The highest BCUT2D eigenvalue weighted by molar-refractivity contribution is 7.07. The van der Waals surface area contributed by atoms with Gasteiger partial charge in [0, 0.05) is 30.6 Å². The van der Waals surface area contributed by atoms with Crippen LogP contribution in [0.1, 0.15) is 31.4 Å². The highest BCUT2D eigenvalue weighted by Gasteiger charge is 2.22. The van der Waals surface area contributed by atoms with Crippen molar-refractivity contribution >= 4 is 23.2 Å². The second kappa shape index (κ2) is 6.69. The quantitative estimate of drug-likeness (QED) is 0.844. The SMILES string of the molecule is Cc1csc(=O)n1CCC(=O)N[C@H]1CCCCNC1=O. The number of aromatic nitrogens is 1. The zero-order valence-electron chi connectivity index (χ0n) is 11.5. The van der Waals surface area contributed by atoms with Crippen LogP contribution in [-0.2, 0) is 16.1 Å². The summed E-state index contributed by atoms with van der Waals surface area (Å²) in [6, 6.07) is -0.440. The molecule has 0 bridgehead atoms. The molecular weight excluding hydrogens is 278 g/mol. The first kappa shape index (κ1) is 14.8. The van der Waals surface area contributed by atoms with E-state index in [1.165, 1.54) is 0 Å². The Morgan fingerprint density at radius 2 is 2.30 bits per heavy atom. The molecule has 7 heteroatoms. The fourth-order valence-electron chi connectivity index (χ4n) is 2.23. The van der Waals surface area contributed by atoms with E-state index in [2.05, 4.69) is 10.6 Å². The van der Waals surface area contributed by atoms with Crippen LogP contribution in [0.25, 0.3) is 0 Å². The first-order valence-corrected chi connectivity index (χ1v) is 7.68. The standard InChI is InChI=1S/C13H19N3O3S/c1-9-8-20-13(19)16(9)7-5-11(17)15-10-4-2-3-6-14-12(10)18/h8,10H,2-7H2,1H3,(H,14,18)(H,15,17)/t10-/m0/s1. The highest BCUT2D eigenvalue weighted by atomic mass is 32.1. The molecule has 0 aromatic carbocycles. The maximum Gasteiger partial charge on any atom is 0.307 e. The summed E-state index contributed by atoms with van der Waals surface area (Å²) in [6.07, 6.45) is 2.75. The number of nitrogens with one attached hydrogen (secondary N) is 2. The number of rotatable bonds is 4. The van der Waals surface area contributed by atoms with Crippen molar-refractivity contribution in [2.45, 2.75) is 45.2 Å². The van der Waals surface area contributed by atoms with Crippen molar-refractivity contribution in [2.24, 2.45) is 0 Å². The van der Waals surface area contributed by atoms with Gasteiger partial charge in [0.15, 0.2) is 0 Å². The van der Waals surface area contributed by atoms with Gasteiger partial charge in [-0.2, -0.15) is 0 Å². The molecule has 0 radical (unpaired) electrons. The van der Waals surface area contributed by atoms with Crippen molar-refractivity contribution in [3.05, 3.63) is 20.7 Å². The molecule has 2 heterocycles. The molecule has 0 saturated carbocycles. The number of hydrogen-bond acceptors (Lipinski definition) is 4. The Hall–Kier alpha value is -1.63. The third kappa shape index (κ3) is 3.69. The summed E-state index contributed by atoms with van der Waals surface area (Å²) in [5, 5.41) is 7.30. The Labute approximate surface area is 121 Å². The molecule has 0 unspecified atom stereocenters. The Morgan fingerprint density at radius 1 is 1.50 bits per heavy atom. The molecule has 2 amide bonds. The molecule has 1 aromatic heterocycles. The molecule has 1 aromatic rings. The van der Waals surface area contributed by atoms with Crippen LogP contribution >= 0.6 is 11.3 Å². The summed E-state index contributed by atoms with van der Waals surface area (Å²) in [5.74, 6) is -0.302. The number of aryl methyl sites for hydroxylation is 1. The van der Waals surface area contributed by atoms with Crippen molar-refractivity contribution in [3.63, 3.8) is 0 Å². The average Bonchev–Trinajstić information content (AvgIpc) is 2.60. The Balaban J connectivity index is 1.86. The zero-order valence-corrected chi connectivity index (χ0v) is 12.3. The van der Waals surface area contributed by atoms with E-state index in [0.29, 0.717) is 19.5 Å². The zero-order chi connectivity index (χ0) is 14.5. The lowest BCUT2D eigenvalue weighted by molar-refractivity contribution is -0.128. The molecule has 2 N–H and O–H groups in total. The van der Waals surface area contributed by atoms with Crippen LogP contribution < -0.4 is 15.5 Å². The van der Waals surface area contributed by atoms with Crippen molar-refractivity contribution in [1.29, 1.82) is 0 Å². The molecule has 1 fully saturated rings. The van der Waals surface area contributed by atoms with Gasteiger partial charge >= 0.3 is 4.87 Å². The minimum absolute atomic E-state index is 0.0532. The van der Waals surface area contributed by atoms with E-state index in [4.69, 9.17) is 0 Å². The number of carbonyl (C=O) groups excluding carboxylic acids is 2. The minimum Gasteiger partial charge on any atom is -0.354 e. The van der Waals surface area contributed by atoms with Gasteiger partial charge in [-0.3, -0.25) is 14.4 Å². The fraction of sp³-hybridized carbons (Fsp3) is 0.615. The third-order valence-electron chi connectivity index (χ3n) is 3.41. The summed E-state index contributed by atoms with van der Waals surface area (Å²) in [6.45, 7) is 2.87. The van der Waals surface area contributed by atoms with Gasteiger partial charge in [0.05, 0.1) is 0 Å². The summed E-state index contributed by atoms with van der Waals surface area (Å²) >= 11 is 1.13. The summed E-state index contributed by atoms with van der Waals surface area (Å²) in [5.41, 5.74) is 0.861. The minimum atomic E-state index is -0.440. The molecule has 2 rings (SSSR count). The van der Waals surface area contributed by atoms with Crippen molar-refractivity contribution in [3.8, 4) is 0 Å². The van der Waals surface area contributed by atoms with E-state index >= 15 is 0 Å². The number of carbonyl (C=O) groups is 2. The summed E-state index contributed by atoms with van der Waals surface area (Å²) in [7, 11) is 0. The third-order valence-corrected chi connectivity index (χ3v) is 4.29. The predicted molar refractivity (Wildman–Crippen MR) is 76.7 cm³/mol. The van der Waals surface area contributed by atoms with Gasteiger partial charge in [-0.25, -0.2) is 0 Å². The lowest BCUT2D eigenvalue weighted by Gasteiger charge is -2.15. The topological polar surface area (TPSA) is 80.2 Å². The van der Waals surface area contributed by atoms with Gasteiger partial charge in [-0.05, 0) is 26.2 Å². The fourth-order valence-corrected chi connectivity index (χ4v) is 2.99. The highest BCUT2D eigenvalue weighted by Crippen LogP contribution is 2.06. The normalized spacial score (nSPS) is 19.2. The van der Waals surface area contributed by atoms with Crippen LogP contribution in [-0.4, -0.2) is 29.0 Å². The number of nitrogens with zero attached hydrogens (tertiary/aromatic N) is 1. The molecule has 1 aliphatic rings. The second-order valence-electron chi connectivity index (χ2n) is 4.95. The molecular formula is C13H19N3O3S. The van der Waals surface area contributed by atoms with Crippen LogP contribution in [0.2, 0.25) is 0 Å². The second-order valence-corrected chi connectivity index (χ2v) is 5.77. The van der Waals surface area contributed by atoms with Crippen LogP contribution in [0.5, 0.6) is 0 Å². The molecule has 1 saturated heterocycles. The van der Waals surface area contributed by atoms with Gasteiger partial charge in [0.1, 0.15) is 6.04 Å². The maximum atomic E-state index is 11.9. The van der Waals surface area contributed by atoms with Crippen LogP contribution in [0, 0.1) is 6.92 Å². The molecule has 110 valence electrons. The summed E-state index contributed by atoms with van der Waals surface area (Å²) < 4.78 is 1.58. The van der Waals surface area contributed by atoms with E-state index in [9.17, 15) is 14.4 Å². The molecule has 20 heavy (non-hydrogen) atoms. The first-order valence-electron chi connectivity index (χ1n) is 6.80. The summed E-state index contributed by atoms with van der Waals surface area (Å²) in [4.78, 5) is 35.1. The van der Waals surface area contributed by atoms with E-state index in [-0.39, 0.29) is 23.1 Å². The van der Waals surface area contributed by atoms with E-state index in [0.717, 1.165) is 29.9 Å². The van der Waals surface area contributed by atoms with Crippen molar-refractivity contribution in [1.82, 2.24) is 15.2 Å². The lowest BCUT2D eigenvalue weighted by Crippen LogP contribution is -2.45. The number of thiazole rings is 1. The van der Waals surface area contributed by atoms with Gasteiger partial charge in [-0.1, -0.05) is 11.3 Å². The first-order chi connectivity index (χ1) is 9.58. The monoisotopic (exact) mass is 297 g/mol. The van der Waals surface area contributed by atoms with Gasteiger partial charge in [0.2, 0.25) is 11.8 Å². The van der Waals surface area contributed by atoms with E-state index < -0.39 is 6.04 Å². The van der Waals surface area contributed by atoms with E-state index in [1.807, 2.05) is 6.92 Å². The van der Waals surface area contributed by atoms with Crippen LogP contribution in [0.3, 0.4) is 0 Å². The Morgan fingerprint density at radius 3 is 3.00 bits per heavy atom. The number of hydrogen-bond donors (Lipinski definition) is 2. The van der Waals surface area contributed by atoms with Crippen molar-refractivity contribution in [2.75, 3.05) is 6.54 Å². The largest absolute Gasteiger partial charge is 0.354 e. The molecule has 1 atom stereocenters. The Bertz CT molecular complexity index is 549. The predicted octanol–water partition coefficient (Wildman–Crippen LogP) is 0.393. The van der Waals surface area contributed by atoms with Crippen molar-refractivity contribution < 1.29 is 9.59 Å². The smallest absolute Gasteiger partial charge is 0.307 e. The molecule has 0 spiro atoms. The molecule has 1 aliphatic heterocycles. The number of amides is 2. The van der Waals surface area contributed by atoms with Gasteiger partial charge < -0.3 is 15.2 Å². The average molecular weight is 297 g/mol. The maximum absolute atomic E-state index is 11.9. The molecule has 0 aliphatic carbocycles. The van der Waals surface area contributed by atoms with Crippen LogP contribution in [0.15, 0.2) is 10.2 Å². The van der Waals surface area contributed by atoms with E-state index in [1.54, 1.807) is 9.95 Å². The molecule has 6 nitrogen and oxygen atoms in total. The van der Waals surface area contributed by atoms with Crippen LogP contribution in [0.4, 0.5) is 0 Å². The Kier molecular flexibility index (Phi) is 4.94. The van der Waals surface area contributed by atoms with Gasteiger partial charge in [-0.15, -0.1) is 0 Å². The lowest BCUT2D eigenvalue weighted by atomic mass is 10.1. The van der Waals surface area contributed by atoms with Gasteiger partial charge in [0.25, 0.3) is 0 Å².